The monoisotopic (exact) mass is 517 g/mol. The van der Waals surface area contributed by atoms with E-state index < -0.39 is 17.6 Å². The fourth-order valence-electron chi connectivity index (χ4n) is 4.70. The molecular weight excluding hydrogens is 495 g/mol. The van der Waals surface area contributed by atoms with E-state index >= 15 is 0 Å². The summed E-state index contributed by atoms with van der Waals surface area (Å²) >= 11 is 0. The molecule has 3 aromatic heterocycles. The van der Waals surface area contributed by atoms with Gasteiger partial charge in [-0.05, 0) is 60.9 Å². The topological polar surface area (TPSA) is 91.7 Å². The van der Waals surface area contributed by atoms with E-state index in [9.17, 15) is 18.0 Å². The molecule has 1 amide bonds. The largest absolute Gasteiger partial charge is 0.416 e. The number of fused-ring (bicyclic) bond motifs is 2. The minimum Gasteiger partial charge on any atom is -0.367 e. The minimum absolute atomic E-state index is 0.0445. The number of alkyl halides is 3. The molecule has 11 heteroatoms. The smallest absolute Gasteiger partial charge is 0.367 e. The minimum atomic E-state index is -4.58. The van der Waals surface area contributed by atoms with Gasteiger partial charge in [0.1, 0.15) is 0 Å². The Morgan fingerprint density at radius 3 is 2.76 bits per heavy atom. The van der Waals surface area contributed by atoms with Gasteiger partial charge in [-0.2, -0.15) is 18.3 Å². The first-order chi connectivity index (χ1) is 18.2. The summed E-state index contributed by atoms with van der Waals surface area (Å²) in [5, 5.41) is 10.4. The van der Waals surface area contributed by atoms with Gasteiger partial charge < -0.3 is 14.8 Å². The summed E-state index contributed by atoms with van der Waals surface area (Å²) in [5.74, 6) is -0.492. The predicted molar refractivity (Wildman–Crippen MR) is 136 cm³/mol. The first-order valence-electron chi connectivity index (χ1n) is 11.9. The molecule has 38 heavy (non-hydrogen) atoms. The van der Waals surface area contributed by atoms with Gasteiger partial charge in [-0.15, -0.1) is 0 Å². The zero-order valence-corrected chi connectivity index (χ0v) is 20.3. The van der Waals surface area contributed by atoms with Gasteiger partial charge in [-0.1, -0.05) is 6.07 Å². The second kappa shape index (κ2) is 9.02. The molecule has 2 N–H and O–H groups in total. The Hall–Kier alpha value is -4.67. The van der Waals surface area contributed by atoms with E-state index in [0.717, 1.165) is 52.9 Å². The Bertz CT molecular complexity index is 1670. The highest BCUT2D eigenvalue weighted by atomic mass is 19.4. The molecule has 4 heterocycles. The van der Waals surface area contributed by atoms with E-state index in [1.807, 2.05) is 12.1 Å². The number of hydrogen-bond donors (Lipinski definition) is 2. The van der Waals surface area contributed by atoms with Crippen LogP contribution in [0.3, 0.4) is 0 Å². The zero-order chi connectivity index (χ0) is 26.4. The van der Waals surface area contributed by atoms with Gasteiger partial charge in [0.15, 0.2) is 5.65 Å². The van der Waals surface area contributed by atoms with Crippen molar-refractivity contribution in [2.75, 3.05) is 16.8 Å². The van der Waals surface area contributed by atoms with Gasteiger partial charge in [-0.3, -0.25) is 9.89 Å². The van der Waals surface area contributed by atoms with Gasteiger partial charge in [0, 0.05) is 53.5 Å². The van der Waals surface area contributed by atoms with Gasteiger partial charge in [-0.25, -0.2) is 9.97 Å². The second-order valence-corrected chi connectivity index (χ2v) is 9.31. The maximum atomic E-state index is 13.6. The van der Waals surface area contributed by atoms with Gasteiger partial charge in [0.2, 0.25) is 0 Å². The lowest BCUT2D eigenvalue weighted by Gasteiger charge is -2.20. The predicted octanol–water partition coefficient (Wildman–Crippen LogP) is 5.29. The van der Waals surface area contributed by atoms with E-state index in [4.69, 9.17) is 0 Å². The molecule has 6 rings (SSSR count). The first kappa shape index (κ1) is 23.7. The number of nitrogens with zero attached hydrogens (tertiary/aromatic N) is 5. The summed E-state index contributed by atoms with van der Waals surface area (Å²) in [6.07, 6.45) is 2.83. The molecule has 1 aliphatic rings. The van der Waals surface area contributed by atoms with Crippen LogP contribution < -0.4 is 10.2 Å². The number of aromatic nitrogens is 5. The van der Waals surface area contributed by atoms with Crippen molar-refractivity contribution in [2.45, 2.75) is 26.1 Å². The summed E-state index contributed by atoms with van der Waals surface area (Å²) in [4.78, 5) is 23.8. The lowest BCUT2D eigenvalue weighted by atomic mass is 10.1. The van der Waals surface area contributed by atoms with Crippen LogP contribution in [0.2, 0.25) is 0 Å². The number of halogens is 3. The van der Waals surface area contributed by atoms with Crippen molar-refractivity contribution >= 4 is 28.3 Å². The maximum Gasteiger partial charge on any atom is 0.416 e. The molecule has 192 valence electrons. The van der Waals surface area contributed by atoms with Crippen LogP contribution in [0.15, 0.2) is 67.4 Å². The van der Waals surface area contributed by atoms with Crippen LogP contribution in [-0.4, -0.2) is 37.2 Å². The van der Waals surface area contributed by atoms with Crippen molar-refractivity contribution in [3.8, 4) is 5.69 Å². The molecule has 2 aromatic carbocycles. The molecule has 0 aliphatic carbocycles. The van der Waals surface area contributed by atoms with Gasteiger partial charge >= 0.3 is 6.18 Å². The number of H-pyrrole nitrogens is 1. The average molecular weight is 518 g/mol. The normalized spacial score (nSPS) is 13.2. The molecule has 0 fully saturated rings. The number of amides is 1. The number of pyridine rings is 1. The molecular formula is C27H22F3N7O. The fourth-order valence-corrected chi connectivity index (χ4v) is 4.70. The van der Waals surface area contributed by atoms with Crippen LogP contribution >= 0.6 is 0 Å². The van der Waals surface area contributed by atoms with E-state index in [0.29, 0.717) is 17.8 Å². The quantitative estimate of drug-likeness (QED) is 0.331. The number of nitrogens with one attached hydrogen (secondary N) is 2. The zero-order valence-electron chi connectivity index (χ0n) is 20.3. The van der Waals surface area contributed by atoms with E-state index in [-0.39, 0.29) is 11.4 Å². The Morgan fingerprint density at radius 2 is 1.97 bits per heavy atom. The number of aryl methyl sites for hydroxylation is 1. The summed E-state index contributed by atoms with van der Waals surface area (Å²) < 4.78 is 42.3. The lowest BCUT2D eigenvalue weighted by molar-refractivity contribution is -0.137. The van der Waals surface area contributed by atoms with Gasteiger partial charge in [0.05, 0.1) is 23.8 Å². The fraction of sp³-hybridized carbons (Fsp3) is 0.185. The number of anilines is 2. The van der Waals surface area contributed by atoms with Crippen molar-refractivity contribution in [3.05, 3.63) is 95.3 Å². The highest BCUT2D eigenvalue weighted by Crippen LogP contribution is 2.34. The SMILES string of the molecule is Cc1cn(-c2cc(NC(=O)c3ccc4c(c3)N(Cc3cnc5[nH]ncc5c3)CC4)cc(C(F)(F)F)c2)cn1. The van der Waals surface area contributed by atoms with Crippen molar-refractivity contribution in [1.29, 1.82) is 0 Å². The van der Waals surface area contributed by atoms with E-state index in [1.54, 1.807) is 37.6 Å². The molecule has 0 unspecified atom stereocenters. The Kier molecular flexibility index (Phi) is 5.63. The Balaban J connectivity index is 1.26. The summed E-state index contributed by atoms with van der Waals surface area (Å²) in [7, 11) is 0. The third-order valence-corrected chi connectivity index (χ3v) is 6.57. The number of carbonyl (C=O) groups excluding carboxylic acids is 1. The van der Waals surface area contributed by atoms with Crippen LogP contribution in [-0.2, 0) is 19.1 Å². The molecule has 0 atom stereocenters. The van der Waals surface area contributed by atoms with E-state index in [1.165, 1.54) is 17.0 Å². The van der Waals surface area contributed by atoms with Crippen LogP contribution in [0.5, 0.6) is 0 Å². The molecule has 1 aliphatic heterocycles. The van der Waals surface area contributed by atoms with Crippen LogP contribution in [0.1, 0.15) is 32.7 Å². The van der Waals surface area contributed by atoms with Crippen molar-refractivity contribution in [2.24, 2.45) is 0 Å². The third-order valence-electron chi connectivity index (χ3n) is 6.57. The van der Waals surface area contributed by atoms with Crippen LogP contribution in [0, 0.1) is 6.92 Å². The molecule has 0 radical (unpaired) electrons. The Morgan fingerprint density at radius 1 is 1.11 bits per heavy atom. The molecule has 0 bridgehead atoms. The molecule has 0 saturated carbocycles. The van der Waals surface area contributed by atoms with Crippen LogP contribution in [0.25, 0.3) is 16.7 Å². The molecule has 0 saturated heterocycles. The third kappa shape index (κ3) is 4.58. The summed E-state index contributed by atoms with van der Waals surface area (Å²) in [5.41, 5.74) is 4.21. The Labute approximate surface area is 215 Å². The number of carbonyl (C=O) groups is 1. The molecule has 8 nitrogen and oxygen atoms in total. The van der Waals surface area contributed by atoms with Crippen LogP contribution in [0.4, 0.5) is 24.5 Å². The summed E-state index contributed by atoms with van der Waals surface area (Å²) in [6.45, 7) is 3.13. The van der Waals surface area contributed by atoms with Crippen molar-refractivity contribution < 1.29 is 18.0 Å². The van der Waals surface area contributed by atoms with Crippen molar-refractivity contribution in [1.82, 2.24) is 24.7 Å². The second-order valence-electron chi connectivity index (χ2n) is 9.31. The van der Waals surface area contributed by atoms with E-state index in [2.05, 4.69) is 30.4 Å². The molecule has 0 spiro atoms. The average Bonchev–Trinajstić information content (AvgIpc) is 3.63. The maximum absolute atomic E-state index is 13.6. The lowest BCUT2D eigenvalue weighted by Crippen LogP contribution is -2.20. The number of imidazole rings is 1. The number of hydrogen-bond acceptors (Lipinski definition) is 5. The highest BCUT2D eigenvalue weighted by molar-refractivity contribution is 6.05. The number of benzene rings is 2. The van der Waals surface area contributed by atoms with Gasteiger partial charge in [0.25, 0.3) is 5.91 Å². The number of rotatable bonds is 5. The number of aromatic amines is 1. The summed E-state index contributed by atoms with van der Waals surface area (Å²) in [6, 6.07) is 10.9. The highest BCUT2D eigenvalue weighted by Gasteiger charge is 2.32. The molecule has 5 aromatic rings. The standard InChI is InChI=1S/C27H22F3N7O/c1-16-13-37(15-32-16)23-9-21(27(28,29)30)8-22(10-23)34-26(38)19-3-2-18-4-5-36(24(18)7-19)14-17-6-20-12-33-35-25(20)31-11-17/h2-3,6-13,15H,4-5,14H2,1H3,(H,34,38)(H,31,33,35). The van der Waals surface area contributed by atoms with Crippen molar-refractivity contribution in [3.63, 3.8) is 0 Å². The first-order valence-corrected chi connectivity index (χ1v) is 11.9.